The number of hydrogen-bond acceptors (Lipinski definition) is 1. The fourth-order valence-electron chi connectivity index (χ4n) is 0.663. The van der Waals surface area contributed by atoms with Gasteiger partial charge in [0.2, 0.25) is 0 Å². The summed E-state index contributed by atoms with van der Waals surface area (Å²) in [6.45, 7) is 0. The molecule has 11 heavy (non-hydrogen) atoms. The standard InChI is InChI=1S/C7H4Cl2O2/c8-4-1-2-5(7(10)11)6(9)3-4/h1-3H,(H,10,11)/i7+2. The van der Waals surface area contributed by atoms with E-state index in [1.165, 1.54) is 18.2 Å². The van der Waals surface area contributed by atoms with Gasteiger partial charge < -0.3 is 5.11 Å². The second-order valence-corrected chi connectivity index (χ2v) is 2.77. The minimum Gasteiger partial charge on any atom is -0.478 e. The van der Waals surface area contributed by atoms with E-state index < -0.39 is 5.97 Å². The van der Waals surface area contributed by atoms with Gasteiger partial charge in [0.05, 0.1) is 10.6 Å². The Morgan fingerprint density at radius 3 is 2.45 bits per heavy atom. The lowest BCUT2D eigenvalue weighted by Crippen LogP contribution is -1.96. The molecule has 0 unspecified atom stereocenters. The number of rotatable bonds is 1. The SMILES string of the molecule is O=[14C](O)c1ccc(Cl)cc1Cl. The van der Waals surface area contributed by atoms with E-state index in [1.807, 2.05) is 0 Å². The van der Waals surface area contributed by atoms with Crippen molar-refractivity contribution in [1.29, 1.82) is 0 Å². The molecule has 0 aliphatic heterocycles. The fourth-order valence-corrected chi connectivity index (χ4v) is 1.15. The van der Waals surface area contributed by atoms with Gasteiger partial charge in [0.15, 0.2) is 0 Å². The number of carbonyl (C=O) groups is 1. The van der Waals surface area contributed by atoms with Crippen molar-refractivity contribution in [2.45, 2.75) is 0 Å². The van der Waals surface area contributed by atoms with Crippen LogP contribution in [0.15, 0.2) is 18.2 Å². The molecule has 1 rings (SSSR count). The smallest absolute Gasteiger partial charge is 0.337 e. The van der Waals surface area contributed by atoms with Crippen LogP contribution in [0.5, 0.6) is 0 Å². The third-order valence-electron chi connectivity index (χ3n) is 1.16. The van der Waals surface area contributed by atoms with Crippen molar-refractivity contribution < 1.29 is 9.90 Å². The fraction of sp³-hybridized carbons (Fsp3) is 0. The third kappa shape index (κ3) is 1.85. The molecule has 1 aromatic carbocycles. The number of aromatic carboxylic acids is 1. The van der Waals surface area contributed by atoms with Crippen LogP contribution in [-0.2, 0) is 0 Å². The molecular weight excluding hydrogens is 189 g/mol. The first-order chi connectivity index (χ1) is 5.11. The van der Waals surface area contributed by atoms with Crippen LogP contribution in [0.3, 0.4) is 0 Å². The zero-order valence-corrected chi connectivity index (χ0v) is 6.86. The third-order valence-corrected chi connectivity index (χ3v) is 1.71. The van der Waals surface area contributed by atoms with Crippen molar-refractivity contribution in [3.8, 4) is 0 Å². The lowest BCUT2D eigenvalue weighted by atomic mass is 10.3. The normalized spacial score (nSPS) is 9.64. The van der Waals surface area contributed by atoms with Gasteiger partial charge >= 0.3 is 5.97 Å². The van der Waals surface area contributed by atoms with E-state index in [1.54, 1.807) is 0 Å². The summed E-state index contributed by atoms with van der Waals surface area (Å²) < 4.78 is 0. The molecule has 1 N–H and O–H groups in total. The first kappa shape index (κ1) is 8.37. The van der Waals surface area contributed by atoms with Gasteiger partial charge in [0, 0.05) is 5.02 Å². The monoisotopic (exact) mass is 192 g/mol. The number of carboxylic acids is 1. The lowest BCUT2D eigenvalue weighted by molar-refractivity contribution is 0.0697. The Bertz CT molecular complexity index is 296. The summed E-state index contributed by atoms with van der Waals surface area (Å²) in [5.74, 6) is -1.05. The van der Waals surface area contributed by atoms with E-state index >= 15 is 0 Å². The average Bonchev–Trinajstić information content (AvgIpc) is 1.85. The van der Waals surface area contributed by atoms with Gasteiger partial charge in [-0.2, -0.15) is 0 Å². The highest BCUT2D eigenvalue weighted by Crippen LogP contribution is 2.20. The molecule has 0 spiro atoms. The Morgan fingerprint density at radius 2 is 2.00 bits per heavy atom. The Kier molecular flexibility index (Phi) is 2.37. The van der Waals surface area contributed by atoms with E-state index in [9.17, 15) is 4.79 Å². The summed E-state index contributed by atoms with van der Waals surface area (Å²) in [6, 6.07) is 4.25. The molecular formula is C7H4Cl2O2. The van der Waals surface area contributed by atoms with Gasteiger partial charge in [-0.25, -0.2) is 4.79 Å². The minimum absolute atomic E-state index is 0.0658. The van der Waals surface area contributed by atoms with Crippen LogP contribution in [0, 0.1) is 0 Å². The zero-order chi connectivity index (χ0) is 8.43. The first-order valence-corrected chi connectivity index (χ1v) is 3.55. The highest BCUT2D eigenvalue weighted by molar-refractivity contribution is 6.36. The molecule has 0 radical (unpaired) electrons. The van der Waals surface area contributed by atoms with Crippen LogP contribution in [-0.4, -0.2) is 11.1 Å². The molecule has 2 nitrogen and oxygen atoms in total. The summed E-state index contributed by atoms with van der Waals surface area (Å²) in [5, 5.41) is 9.12. The van der Waals surface area contributed by atoms with Crippen LogP contribution < -0.4 is 0 Å². The van der Waals surface area contributed by atoms with Gasteiger partial charge in [-0.05, 0) is 18.2 Å². The van der Waals surface area contributed by atoms with Gasteiger partial charge in [-0.3, -0.25) is 0 Å². The summed E-state index contributed by atoms with van der Waals surface area (Å²) in [6.07, 6.45) is 0. The van der Waals surface area contributed by atoms with Crippen LogP contribution in [0.1, 0.15) is 10.4 Å². The molecule has 1 aromatic rings. The predicted octanol–water partition coefficient (Wildman–Crippen LogP) is 2.69. The van der Waals surface area contributed by atoms with E-state index in [0.29, 0.717) is 5.02 Å². The second kappa shape index (κ2) is 3.11. The Balaban J connectivity index is 3.20. The summed E-state index contributed by atoms with van der Waals surface area (Å²) in [5.41, 5.74) is 0.0658. The maximum Gasteiger partial charge on any atom is 0.337 e. The predicted molar refractivity (Wildman–Crippen MR) is 43.4 cm³/mol. The van der Waals surface area contributed by atoms with Crippen LogP contribution in [0.2, 0.25) is 10.0 Å². The van der Waals surface area contributed by atoms with Crippen molar-refractivity contribution in [2.75, 3.05) is 0 Å². The molecule has 0 aliphatic rings. The van der Waals surface area contributed by atoms with Crippen molar-refractivity contribution in [2.24, 2.45) is 0 Å². The number of halogens is 2. The Labute approximate surface area is 73.4 Å². The minimum atomic E-state index is -1.05. The molecule has 0 saturated heterocycles. The molecule has 0 amide bonds. The van der Waals surface area contributed by atoms with E-state index in [4.69, 9.17) is 28.3 Å². The van der Waals surface area contributed by atoms with Gasteiger partial charge in [0.25, 0.3) is 0 Å². The van der Waals surface area contributed by atoms with Crippen LogP contribution in [0.4, 0.5) is 0 Å². The average molecular weight is 193 g/mol. The molecule has 4 heteroatoms. The topological polar surface area (TPSA) is 37.3 Å². The highest BCUT2D eigenvalue weighted by Gasteiger charge is 2.07. The van der Waals surface area contributed by atoms with Gasteiger partial charge in [-0.1, -0.05) is 23.2 Å². The highest BCUT2D eigenvalue weighted by atomic mass is 35.5. The lowest BCUT2D eigenvalue weighted by Gasteiger charge is -1.96. The van der Waals surface area contributed by atoms with Gasteiger partial charge in [0.1, 0.15) is 0 Å². The summed E-state index contributed by atoms with van der Waals surface area (Å²) >= 11 is 11.1. The summed E-state index contributed by atoms with van der Waals surface area (Å²) in [7, 11) is 0. The van der Waals surface area contributed by atoms with Crippen molar-refractivity contribution in [3.05, 3.63) is 33.8 Å². The number of benzene rings is 1. The molecule has 0 saturated carbocycles. The number of carboxylic acid groups (broad SMARTS) is 1. The largest absolute Gasteiger partial charge is 0.478 e. The van der Waals surface area contributed by atoms with E-state index in [2.05, 4.69) is 0 Å². The van der Waals surface area contributed by atoms with Crippen molar-refractivity contribution >= 4 is 29.2 Å². The quantitative estimate of drug-likeness (QED) is 0.744. The summed E-state index contributed by atoms with van der Waals surface area (Å²) in [4.78, 5) is 10.4. The second-order valence-electron chi connectivity index (χ2n) is 1.93. The zero-order valence-electron chi connectivity index (χ0n) is 5.34. The maximum absolute atomic E-state index is 10.4. The van der Waals surface area contributed by atoms with Gasteiger partial charge in [-0.15, -0.1) is 0 Å². The Morgan fingerprint density at radius 1 is 1.36 bits per heavy atom. The molecule has 0 aromatic heterocycles. The molecule has 58 valence electrons. The Hall–Kier alpha value is -0.730. The molecule has 0 bridgehead atoms. The van der Waals surface area contributed by atoms with E-state index in [-0.39, 0.29) is 10.6 Å². The van der Waals surface area contributed by atoms with Crippen LogP contribution >= 0.6 is 23.2 Å². The van der Waals surface area contributed by atoms with Crippen molar-refractivity contribution in [1.82, 2.24) is 0 Å². The molecule has 0 heterocycles. The molecule has 0 aliphatic carbocycles. The van der Waals surface area contributed by atoms with Crippen LogP contribution in [0.25, 0.3) is 0 Å². The maximum atomic E-state index is 10.4. The molecule has 0 fully saturated rings. The number of hydrogen-bond donors (Lipinski definition) is 1. The van der Waals surface area contributed by atoms with Crippen molar-refractivity contribution in [3.63, 3.8) is 0 Å². The van der Waals surface area contributed by atoms with E-state index in [0.717, 1.165) is 0 Å². The molecule has 0 atom stereocenters. The first-order valence-electron chi connectivity index (χ1n) is 2.79.